The van der Waals surface area contributed by atoms with Gasteiger partial charge in [0.05, 0.1) is 6.42 Å². The fourth-order valence-electron chi connectivity index (χ4n) is 3.35. The molecule has 1 heterocycles. The van der Waals surface area contributed by atoms with E-state index in [0.29, 0.717) is 11.5 Å². The molecule has 1 aromatic rings. The van der Waals surface area contributed by atoms with E-state index in [-0.39, 0.29) is 6.42 Å². The number of aliphatic carboxylic acids is 1. The maximum atomic E-state index is 10.9. The van der Waals surface area contributed by atoms with E-state index in [1.807, 2.05) is 7.05 Å². The van der Waals surface area contributed by atoms with Crippen molar-refractivity contribution in [1.29, 1.82) is 0 Å². The highest BCUT2D eigenvalue weighted by atomic mass is 16.4. The number of rotatable bonds is 6. The van der Waals surface area contributed by atoms with Crippen LogP contribution < -0.4 is 4.90 Å². The molecule has 0 amide bonds. The van der Waals surface area contributed by atoms with Crippen LogP contribution in [-0.2, 0) is 11.2 Å². The summed E-state index contributed by atoms with van der Waals surface area (Å²) in [5.41, 5.74) is 0.684. The van der Waals surface area contributed by atoms with Crippen LogP contribution in [0.25, 0.3) is 0 Å². The molecule has 0 aromatic carbocycles. The maximum Gasteiger partial charge on any atom is 0.308 e. The van der Waals surface area contributed by atoms with Crippen LogP contribution in [0.2, 0.25) is 0 Å². The Morgan fingerprint density at radius 2 is 2.14 bits per heavy atom. The molecule has 0 radical (unpaired) electrons. The summed E-state index contributed by atoms with van der Waals surface area (Å²) in [4.78, 5) is 21.3. The van der Waals surface area contributed by atoms with Crippen molar-refractivity contribution in [2.45, 2.75) is 45.4 Å². The van der Waals surface area contributed by atoms with Crippen LogP contribution in [0.15, 0.2) is 12.5 Å². The predicted molar refractivity (Wildman–Crippen MR) is 82.4 cm³/mol. The van der Waals surface area contributed by atoms with Crippen molar-refractivity contribution in [3.05, 3.63) is 18.1 Å². The molecule has 1 aromatic heterocycles. The first-order valence-corrected chi connectivity index (χ1v) is 7.79. The van der Waals surface area contributed by atoms with Gasteiger partial charge in [-0.3, -0.25) is 4.79 Å². The average Bonchev–Trinajstić information content (AvgIpc) is 2.48. The van der Waals surface area contributed by atoms with Crippen LogP contribution in [0.3, 0.4) is 0 Å². The molecule has 5 heteroatoms. The van der Waals surface area contributed by atoms with Gasteiger partial charge in [-0.2, -0.15) is 0 Å². The Balaban J connectivity index is 2.02. The topological polar surface area (TPSA) is 66.3 Å². The number of anilines is 1. The highest BCUT2D eigenvalue weighted by Crippen LogP contribution is 2.31. The second-order valence-electron chi connectivity index (χ2n) is 6.20. The third-order valence-electron chi connectivity index (χ3n) is 4.48. The molecule has 1 aliphatic rings. The monoisotopic (exact) mass is 291 g/mol. The lowest BCUT2D eigenvalue weighted by atomic mass is 9.80. The van der Waals surface area contributed by atoms with Gasteiger partial charge >= 0.3 is 5.97 Å². The van der Waals surface area contributed by atoms with E-state index in [4.69, 9.17) is 5.11 Å². The summed E-state index contributed by atoms with van der Waals surface area (Å²) in [6.45, 7) is 3.21. The van der Waals surface area contributed by atoms with Gasteiger partial charge in [-0.15, -0.1) is 0 Å². The molecule has 0 spiro atoms. The van der Waals surface area contributed by atoms with Gasteiger partial charge < -0.3 is 10.0 Å². The molecule has 116 valence electrons. The molecule has 1 unspecified atom stereocenters. The van der Waals surface area contributed by atoms with Gasteiger partial charge in [-0.05, 0) is 11.8 Å². The van der Waals surface area contributed by atoms with Gasteiger partial charge in [0, 0.05) is 25.4 Å². The zero-order chi connectivity index (χ0) is 15.2. The van der Waals surface area contributed by atoms with Crippen molar-refractivity contribution in [2.24, 2.45) is 11.8 Å². The lowest BCUT2D eigenvalue weighted by Gasteiger charge is -2.31. The van der Waals surface area contributed by atoms with E-state index in [0.717, 1.165) is 18.3 Å². The highest BCUT2D eigenvalue weighted by molar-refractivity contribution is 5.72. The van der Waals surface area contributed by atoms with Crippen molar-refractivity contribution in [2.75, 3.05) is 18.5 Å². The maximum absolute atomic E-state index is 10.9. The predicted octanol–water partition coefficient (Wildman–Crippen LogP) is 2.76. The summed E-state index contributed by atoms with van der Waals surface area (Å²) in [5, 5.41) is 8.98. The third kappa shape index (κ3) is 4.41. The van der Waals surface area contributed by atoms with Crippen molar-refractivity contribution >= 4 is 11.8 Å². The van der Waals surface area contributed by atoms with Crippen LogP contribution in [0.4, 0.5) is 5.82 Å². The zero-order valence-electron chi connectivity index (χ0n) is 13.0. The Labute approximate surface area is 126 Å². The average molecular weight is 291 g/mol. The fraction of sp³-hybridized carbons (Fsp3) is 0.688. The second kappa shape index (κ2) is 7.38. The molecule has 2 rings (SSSR count). The van der Waals surface area contributed by atoms with E-state index in [2.05, 4.69) is 21.8 Å². The van der Waals surface area contributed by atoms with Gasteiger partial charge in [-0.1, -0.05) is 39.0 Å². The molecule has 5 nitrogen and oxygen atoms in total. The standard InChI is InChI=1S/C16H25N3O2/c1-12(13-6-4-3-5-7-13)10-19(2)16-14(8-15(20)21)9-17-11-18-16/h9,11-13H,3-8,10H2,1-2H3,(H,20,21). The van der Waals surface area contributed by atoms with Crippen molar-refractivity contribution in [3.63, 3.8) is 0 Å². The smallest absolute Gasteiger partial charge is 0.308 e. The molecule has 0 aliphatic heterocycles. The van der Waals surface area contributed by atoms with Gasteiger partial charge in [0.2, 0.25) is 0 Å². The molecule has 1 aliphatic carbocycles. The first-order valence-electron chi connectivity index (χ1n) is 7.79. The van der Waals surface area contributed by atoms with Crippen LogP contribution in [0.1, 0.15) is 44.6 Å². The van der Waals surface area contributed by atoms with Crippen molar-refractivity contribution in [1.82, 2.24) is 9.97 Å². The summed E-state index contributed by atoms with van der Waals surface area (Å²) in [7, 11) is 1.99. The number of hydrogen-bond donors (Lipinski definition) is 1. The molecule has 21 heavy (non-hydrogen) atoms. The summed E-state index contributed by atoms with van der Waals surface area (Å²) in [5.74, 6) is 1.28. The summed E-state index contributed by atoms with van der Waals surface area (Å²) in [6, 6.07) is 0. The largest absolute Gasteiger partial charge is 0.481 e. The minimum absolute atomic E-state index is 0.0294. The zero-order valence-corrected chi connectivity index (χ0v) is 13.0. The number of carbonyl (C=O) groups is 1. The number of nitrogens with zero attached hydrogens (tertiary/aromatic N) is 3. The number of carboxylic acids is 1. The normalized spacial score (nSPS) is 17.4. The first-order chi connectivity index (χ1) is 10.1. The Hall–Kier alpha value is -1.65. The summed E-state index contributed by atoms with van der Waals surface area (Å²) < 4.78 is 0. The van der Waals surface area contributed by atoms with Crippen LogP contribution in [-0.4, -0.2) is 34.6 Å². The van der Waals surface area contributed by atoms with Gasteiger partial charge in [0.25, 0.3) is 0 Å². The molecule has 1 atom stereocenters. The SMILES string of the molecule is CC(CN(C)c1ncncc1CC(=O)O)C1CCCCC1. The van der Waals surface area contributed by atoms with E-state index >= 15 is 0 Å². The molecule has 0 saturated heterocycles. The number of aromatic nitrogens is 2. The molecule has 1 N–H and O–H groups in total. The van der Waals surface area contributed by atoms with Crippen LogP contribution >= 0.6 is 0 Å². The number of hydrogen-bond acceptors (Lipinski definition) is 4. The first kappa shape index (κ1) is 15.7. The van der Waals surface area contributed by atoms with Gasteiger partial charge in [0.1, 0.15) is 12.1 Å². The van der Waals surface area contributed by atoms with E-state index < -0.39 is 5.97 Å². The quantitative estimate of drug-likeness (QED) is 0.873. The Morgan fingerprint density at radius 1 is 1.43 bits per heavy atom. The Kier molecular flexibility index (Phi) is 5.53. The van der Waals surface area contributed by atoms with Gasteiger partial charge in [-0.25, -0.2) is 9.97 Å². The molecule has 1 fully saturated rings. The Bertz CT molecular complexity index is 472. The third-order valence-corrected chi connectivity index (χ3v) is 4.48. The summed E-state index contributed by atoms with van der Waals surface area (Å²) >= 11 is 0. The molecular formula is C16H25N3O2. The molecule has 0 bridgehead atoms. The molecule has 1 saturated carbocycles. The van der Waals surface area contributed by atoms with E-state index in [1.54, 1.807) is 6.20 Å². The lowest BCUT2D eigenvalue weighted by Crippen LogP contribution is -2.30. The van der Waals surface area contributed by atoms with Crippen molar-refractivity contribution < 1.29 is 9.90 Å². The minimum atomic E-state index is -0.847. The minimum Gasteiger partial charge on any atom is -0.481 e. The lowest BCUT2D eigenvalue weighted by molar-refractivity contribution is -0.136. The highest BCUT2D eigenvalue weighted by Gasteiger charge is 2.22. The van der Waals surface area contributed by atoms with Crippen LogP contribution in [0, 0.1) is 11.8 Å². The van der Waals surface area contributed by atoms with Crippen LogP contribution in [0.5, 0.6) is 0 Å². The second-order valence-corrected chi connectivity index (χ2v) is 6.20. The fourth-order valence-corrected chi connectivity index (χ4v) is 3.35. The van der Waals surface area contributed by atoms with Gasteiger partial charge in [0.15, 0.2) is 0 Å². The van der Waals surface area contributed by atoms with E-state index in [9.17, 15) is 4.79 Å². The van der Waals surface area contributed by atoms with E-state index in [1.165, 1.54) is 38.4 Å². The summed E-state index contributed by atoms with van der Waals surface area (Å²) in [6.07, 6.45) is 9.77. The Morgan fingerprint density at radius 3 is 2.81 bits per heavy atom. The molecular weight excluding hydrogens is 266 g/mol. The van der Waals surface area contributed by atoms with Crippen molar-refractivity contribution in [3.8, 4) is 0 Å². The number of carboxylic acid groups (broad SMARTS) is 1.